The first kappa shape index (κ1) is 16.6. The van der Waals surface area contributed by atoms with E-state index in [1.54, 1.807) is 25.3 Å². The minimum Gasteiger partial charge on any atom is -0.508 e. The van der Waals surface area contributed by atoms with Crippen molar-refractivity contribution in [2.24, 2.45) is 0 Å². The number of fused-ring (bicyclic) bond motifs is 2. The molecule has 0 spiro atoms. The van der Waals surface area contributed by atoms with E-state index in [-0.39, 0.29) is 11.5 Å². The van der Waals surface area contributed by atoms with Crippen LogP contribution in [0.3, 0.4) is 0 Å². The molecule has 0 fully saturated rings. The molecule has 0 radical (unpaired) electrons. The van der Waals surface area contributed by atoms with Crippen LogP contribution in [0.1, 0.15) is 11.1 Å². The predicted octanol–water partition coefficient (Wildman–Crippen LogP) is 3.74. The van der Waals surface area contributed by atoms with Gasteiger partial charge in [0.25, 0.3) is 0 Å². The van der Waals surface area contributed by atoms with Crippen LogP contribution in [0.4, 0.5) is 0 Å². The third kappa shape index (κ3) is 2.37. The summed E-state index contributed by atoms with van der Waals surface area (Å²) in [5.41, 5.74) is 4.24. The summed E-state index contributed by atoms with van der Waals surface area (Å²) in [7, 11) is -0.452. The summed E-state index contributed by atoms with van der Waals surface area (Å²) in [6, 6.07) is 13.5. The van der Waals surface area contributed by atoms with Crippen LogP contribution in [0.5, 0.6) is 11.5 Å². The van der Waals surface area contributed by atoms with Gasteiger partial charge in [0.2, 0.25) is 0 Å². The Morgan fingerprint density at radius 1 is 1.00 bits per heavy atom. The largest absolute Gasteiger partial charge is 0.508 e. The maximum atomic E-state index is 12.1. The summed E-state index contributed by atoms with van der Waals surface area (Å²) in [5, 5.41) is 12.3. The van der Waals surface area contributed by atoms with Gasteiger partial charge < -0.3 is 9.84 Å². The summed E-state index contributed by atoms with van der Waals surface area (Å²) in [4.78, 5) is 12.1. The van der Waals surface area contributed by atoms with Gasteiger partial charge in [-0.2, -0.15) is 0 Å². The number of rotatable bonds is 2. The van der Waals surface area contributed by atoms with Crippen molar-refractivity contribution in [2.75, 3.05) is 7.11 Å². The van der Waals surface area contributed by atoms with E-state index in [1.807, 2.05) is 42.5 Å². The van der Waals surface area contributed by atoms with Crippen molar-refractivity contribution in [3.05, 3.63) is 82.6 Å². The molecule has 4 heteroatoms. The number of phenolic OH excluding ortho intramolecular Hbond substituents is 1. The third-order valence-corrected chi connectivity index (χ3v) is 8.78. The van der Waals surface area contributed by atoms with Crippen LogP contribution in [0.2, 0.25) is 13.1 Å². The second-order valence-corrected chi connectivity index (χ2v) is 11.5. The Morgan fingerprint density at radius 2 is 1.77 bits per heavy atom. The summed E-state index contributed by atoms with van der Waals surface area (Å²) < 4.78 is 5.61. The Bertz CT molecular complexity index is 1030. The number of methoxy groups -OCH3 is 1. The molecule has 0 amide bonds. The smallest absolute Gasteiger partial charge is 0.178 e. The molecule has 1 N–H and O–H groups in total. The molecule has 0 atom stereocenters. The zero-order valence-corrected chi connectivity index (χ0v) is 16.0. The Labute approximate surface area is 154 Å². The number of carbonyl (C=O) groups excluding carboxylic acids is 1. The Morgan fingerprint density at radius 3 is 2.54 bits per heavy atom. The van der Waals surface area contributed by atoms with Crippen molar-refractivity contribution in [2.45, 2.75) is 13.1 Å². The molecule has 4 rings (SSSR count). The SMILES string of the molecule is COc1ccccc1C1=C2C=CC(=O)C=C2[Si](C)(C)c2cc(O)ccc21. The minimum absolute atomic E-state index is 0.0207. The van der Waals surface area contributed by atoms with Crippen molar-refractivity contribution in [3.8, 4) is 11.5 Å². The highest BCUT2D eigenvalue weighted by Gasteiger charge is 2.40. The molecule has 2 aliphatic rings. The van der Waals surface area contributed by atoms with Crippen LogP contribution >= 0.6 is 0 Å². The molecule has 0 unspecified atom stereocenters. The van der Waals surface area contributed by atoms with Gasteiger partial charge in [-0.05, 0) is 57.4 Å². The van der Waals surface area contributed by atoms with E-state index in [0.29, 0.717) is 0 Å². The lowest BCUT2D eigenvalue weighted by atomic mass is 9.89. The molecule has 1 aliphatic carbocycles. The highest BCUT2D eigenvalue weighted by Crippen LogP contribution is 2.43. The van der Waals surface area contributed by atoms with Crippen molar-refractivity contribution in [1.82, 2.24) is 0 Å². The molecule has 0 bridgehead atoms. The Balaban J connectivity index is 2.13. The van der Waals surface area contributed by atoms with E-state index < -0.39 is 8.07 Å². The van der Waals surface area contributed by atoms with Crippen molar-refractivity contribution in [3.63, 3.8) is 0 Å². The first-order valence-corrected chi connectivity index (χ1v) is 11.6. The summed E-state index contributed by atoms with van der Waals surface area (Å²) in [6.45, 7) is 4.45. The summed E-state index contributed by atoms with van der Waals surface area (Å²) in [5.74, 6) is 1.07. The quantitative estimate of drug-likeness (QED) is 0.830. The molecule has 3 nitrogen and oxygen atoms in total. The van der Waals surface area contributed by atoms with Crippen LogP contribution in [0.15, 0.2) is 71.5 Å². The Kier molecular flexibility index (Phi) is 3.74. The Hall–Kier alpha value is -2.85. The van der Waals surface area contributed by atoms with E-state index in [2.05, 4.69) is 13.1 Å². The van der Waals surface area contributed by atoms with Gasteiger partial charge >= 0.3 is 0 Å². The maximum Gasteiger partial charge on any atom is 0.178 e. The number of benzene rings is 2. The number of allylic oxidation sites excluding steroid dienone is 5. The fraction of sp³-hybridized carbons (Fsp3) is 0.136. The van der Waals surface area contributed by atoms with Gasteiger partial charge in [0.1, 0.15) is 19.6 Å². The van der Waals surface area contributed by atoms with E-state index in [4.69, 9.17) is 4.74 Å². The lowest BCUT2D eigenvalue weighted by Crippen LogP contribution is -2.49. The third-order valence-electron chi connectivity index (χ3n) is 5.26. The summed E-state index contributed by atoms with van der Waals surface area (Å²) in [6.07, 6.45) is 5.33. The summed E-state index contributed by atoms with van der Waals surface area (Å²) >= 11 is 0. The normalized spacial score (nSPS) is 17.5. The van der Waals surface area contributed by atoms with E-state index in [0.717, 1.165) is 38.4 Å². The predicted molar refractivity (Wildman–Crippen MR) is 106 cm³/mol. The number of hydrogen-bond acceptors (Lipinski definition) is 3. The van der Waals surface area contributed by atoms with Gasteiger partial charge in [0.15, 0.2) is 5.78 Å². The average Bonchev–Trinajstić information content (AvgIpc) is 2.63. The van der Waals surface area contributed by atoms with Crippen molar-refractivity contribution >= 4 is 24.6 Å². The molecule has 1 aliphatic heterocycles. The van der Waals surface area contributed by atoms with Crippen LogP contribution in [0.25, 0.3) is 5.57 Å². The van der Waals surface area contributed by atoms with Gasteiger partial charge in [-0.25, -0.2) is 0 Å². The number of hydrogen-bond donors (Lipinski definition) is 1. The highest BCUT2D eigenvalue weighted by atomic mass is 28.3. The van der Waals surface area contributed by atoms with Crippen LogP contribution in [-0.4, -0.2) is 26.1 Å². The van der Waals surface area contributed by atoms with Gasteiger partial charge in [-0.1, -0.05) is 43.4 Å². The first-order chi connectivity index (χ1) is 12.4. The molecule has 1 heterocycles. The number of phenols is 1. The number of ketones is 1. The lowest BCUT2D eigenvalue weighted by Gasteiger charge is -2.37. The maximum absolute atomic E-state index is 12.1. The molecule has 0 aromatic heterocycles. The van der Waals surface area contributed by atoms with Gasteiger partial charge in [-0.3, -0.25) is 4.79 Å². The molecule has 0 saturated carbocycles. The highest BCUT2D eigenvalue weighted by molar-refractivity contribution is 6.98. The first-order valence-electron chi connectivity index (χ1n) is 8.59. The minimum atomic E-state index is -2.12. The standard InChI is InChI=1S/C22H20O3Si/c1-25-19-7-5-4-6-16(19)22-17-10-8-14(23)12-20(17)26(2,3)21-13-15(24)9-11-18(21)22/h4-13,23H,1-3H3. The zero-order valence-electron chi connectivity index (χ0n) is 15.0. The monoisotopic (exact) mass is 360 g/mol. The zero-order chi connectivity index (χ0) is 18.5. The molecule has 130 valence electrons. The number of carbonyl (C=O) groups is 1. The molecular formula is C22H20O3Si. The second kappa shape index (κ2) is 5.85. The lowest BCUT2D eigenvalue weighted by molar-refractivity contribution is -0.110. The number of ether oxygens (including phenoxy) is 1. The van der Waals surface area contributed by atoms with Crippen molar-refractivity contribution < 1.29 is 14.6 Å². The van der Waals surface area contributed by atoms with Crippen LogP contribution in [-0.2, 0) is 4.79 Å². The topological polar surface area (TPSA) is 46.5 Å². The van der Waals surface area contributed by atoms with Gasteiger partial charge in [-0.15, -0.1) is 0 Å². The van der Waals surface area contributed by atoms with Gasteiger partial charge in [0, 0.05) is 5.56 Å². The fourth-order valence-corrected chi connectivity index (χ4v) is 7.02. The number of para-hydroxylation sites is 1. The van der Waals surface area contributed by atoms with Gasteiger partial charge in [0.05, 0.1) is 7.11 Å². The second-order valence-electron chi connectivity index (χ2n) is 7.14. The van der Waals surface area contributed by atoms with Crippen LogP contribution < -0.4 is 9.92 Å². The molecule has 26 heavy (non-hydrogen) atoms. The van der Waals surface area contributed by atoms with E-state index >= 15 is 0 Å². The molecule has 2 aromatic carbocycles. The molecule has 0 saturated heterocycles. The van der Waals surface area contributed by atoms with Crippen molar-refractivity contribution in [1.29, 1.82) is 0 Å². The van der Waals surface area contributed by atoms with E-state index in [9.17, 15) is 9.90 Å². The van der Waals surface area contributed by atoms with E-state index in [1.165, 1.54) is 0 Å². The fourth-order valence-electron chi connectivity index (χ4n) is 3.96. The molecular weight excluding hydrogens is 340 g/mol. The van der Waals surface area contributed by atoms with Crippen LogP contribution in [0, 0.1) is 0 Å². The number of aromatic hydroxyl groups is 1. The average molecular weight is 360 g/mol. The molecule has 2 aromatic rings.